The zero-order valence-corrected chi connectivity index (χ0v) is 17.4. The van der Waals surface area contributed by atoms with Gasteiger partial charge in [0.25, 0.3) is 0 Å². The van der Waals surface area contributed by atoms with E-state index >= 15 is 0 Å². The lowest BCUT2D eigenvalue weighted by molar-refractivity contribution is 0.0219. The van der Waals surface area contributed by atoms with Crippen molar-refractivity contribution in [2.45, 2.75) is 64.9 Å². The van der Waals surface area contributed by atoms with Crippen LogP contribution in [0.2, 0.25) is 0 Å². The molecule has 0 spiro atoms. The number of hydrogen-bond acceptors (Lipinski definition) is 4. The van der Waals surface area contributed by atoms with E-state index in [9.17, 15) is 9.59 Å². The first-order valence-corrected chi connectivity index (χ1v) is 10.7. The third-order valence-corrected chi connectivity index (χ3v) is 6.40. The number of esters is 1. The molecule has 0 saturated heterocycles. The summed E-state index contributed by atoms with van der Waals surface area (Å²) in [6, 6.07) is 7.95. The molecule has 0 bridgehead atoms. The average Bonchev–Trinajstić information content (AvgIpc) is 3.26. The Morgan fingerprint density at radius 1 is 1.17 bits per heavy atom. The topological polar surface area (TPSA) is 68.4 Å². The fraction of sp³-hybridized carbons (Fsp3) is 0.500. The van der Waals surface area contributed by atoms with E-state index in [0.29, 0.717) is 36.6 Å². The van der Waals surface area contributed by atoms with Crippen molar-refractivity contribution < 1.29 is 19.1 Å². The number of benzene rings is 1. The number of rotatable bonds is 5. The molecule has 0 amide bonds. The number of Topliss-reactive ketones (excluding diaryl/α,β-unsaturated/α-hetero) is 1. The third-order valence-electron chi connectivity index (χ3n) is 6.40. The van der Waals surface area contributed by atoms with Gasteiger partial charge in [0.05, 0.1) is 6.61 Å². The number of H-pyrrole nitrogens is 1. The number of carbonyl (C=O) groups is 2. The van der Waals surface area contributed by atoms with Gasteiger partial charge in [-0.05, 0) is 74.6 Å². The van der Waals surface area contributed by atoms with E-state index in [2.05, 4.69) is 11.9 Å². The molecule has 1 N–H and O–H groups in total. The molecule has 154 valence electrons. The monoisotopic (exact) mass is 395 g/mol. The number of ketones is 1. The molecule has 2 aromatic rings. The van der Waals surface area contributed by atoms with Gasteiger partial charge < -0.3 is 14.5 Å². The first-order valence-electron chi connectivity index (χ1n) is 10.7. The van der Waals surface area contributed by atoms with Crippen LogP contribution in [0.15, 0.2) is 24.3 Å². The highest BCUT2D eigenvalue weighted by molar-refractivity contribution is 6.03. The SMILES string of the molecule is CCOc1ccc([C@@H]2CC(=O)c3c([nH]c(C(=O)O[C@@H]4CCC[C@H]4C)c3C)C2)cc1. The van der Waals surface area contributed by atoms with E-state index in [1.807, 2.05) is 38.1 Å². The predicted octanol–water partition coefficient (Wildman–Crippen LogP) is 4.98. The number of aromatic amines is 1. The number of fused-ring (bicyclic) bond motifs is 1. The van der Waals surface area contributed by atoms with Crippen LogP contribution in [0.1, 0.15) is 83.1 Å². The van der Waals surface area contributed by atoms with E-state index in [-0.39, 0.29) is 23.8 Å². The maximum Gasteiger partial charge on any atom is 0.355 e. The van der Waals surface area contributed by atoms with Gasteiger partial charge >= 0.3 is 5.97 Å². The van der Waals surface area contributed by atoms with Crippen LogP contribution >= 0.6 is 0 Å². The highest BCUT2D eigenvalue weighted by atomic mass is 16.5. The summed E-state index contributed by atoms with van der Waals surface area (Å²) in [6.45, 7) is 6.56. The maximum absolute atomic E-state index is 12.9. The minimum atomic E-state index is -0.332. The van der Waals surface area contributed by atoms with Crippen molar-refractivity contribution >= 4 is 11.8 Å². The van der Waals surface area contributed by atoms with Crippen molar-refractivity contribution in [2.24, 2.45) is 5.92 Å². The fourth-order valence-corrected chi connectivity index (χ4v) is 4.76. The molecular formula is C24H29NO4. The standard InChI is InChI=1S/C24H29NO4/c1-4-28-18-10-8-16(9-11-18)17-12-19-22(20(26)13-17)15(3)23(25-19)24(27)29-21-7-5-6-14(21)2/h8-11,14,17,21,25H,4-7,12-13H2,1-3H3/t14-,17+,21-/m1/s1. The minimum Gasteiger partial charge on any atom is -0.494 e. The highest BCUT2D eigenvalue weighted by Gasteiger charge is 2.34. The second-order valence-electron chi connectivity index (χ2n) is 8.36. The van der Waals surface area contributed by atoms with Gasteiger partial charge in [-0.1, -0.05) is 19.1 Å². The summed E-state index contributed by atoms with van der Waals surface area (Å²) in [4.78, 5) is 28.9. The van der Waals surface area contributed by atoms with Gasteiger partial charge in [-0.15, -0.1) is 0 Å². The summed E-state index contributed by atoms with van der Waals surface area (Å²) in [5, 5.41) is 0. The van der Waals surface area contributed by atoms with Crippen LogP contribution in [0.5, 0.6) is 5.75 Å². The normalized spacial score (nSPS) is 23.7. The Balaban J connectivity index is 1.54. The number of ether oxygens (including phenoxy) is 2. The zero-order valence-electron chi connectivity index (χ0n) is 17.4. The quantitative estimate of drug-likeness (QED) is 0.725. The highest BCUT2D eigenvalue weighted by Crippen LogP contribution is 2.36. The van der Waals surface area contributed by atoms with Gasteiger partial charge in [-0.3, -0.25) is 4.79 Å². The van der Waals surface area contributed by atoms with Crippen LogP contribution in [-0.2, 0) is 11.2 Å². The van der Waals surface area contributed by atoms with Crippen LogP contribution in [0, 0.1) is 12.8 Å². The van der Waals surface area contributed by atoms with Crippen LogP contribution in [0.25, 0.3) is 0 Å². The predicted molar refractivity (Wildman–Crippen MR) is 111 cm³/mol. The van der Waals surface area contributed by atoms with Crippen molar-refractivity contribution in [3.05, 3.63) is 52.3 Å². The smallest absolute Gasteiger partial charge is 0.355 e. The summed E-state index contributed by atoms with van der Waals surface area (Å²) >= 11 is 0. The van der Waals surface area contributed by atoms with Crippen LogP contribution in [0.4, 0.5) is 0 Å². The number of hydrogen-bond donors (Lipinski definition) is 1. The maximum atomic E-state index is 12.9. The molecular weight excluding hydrogens is 366 g/mol. The van der Waals surface area contributed by atoms with Crippen LogP contribution < -0.4 is 4.74 Å². The van der Waals surface area contributed by atoms with Crippen molar-refractivity contribution in [1.82, 2.24) is 4.98 Å². The third kappa shape index (κ3) is 3.83. The van der Waals surface area contributed by atoms with Crippen molar-refractivity contribution in [1.29, 1.82) is 0 Å². The Hall–Kier alpha value is -2.56. The summed E-state index contributed by atoms with van der Waals surface area (Å²) < 4.78 is 11.3. The summed E-state index contributed by atoms with van der Waals surface area (Å²) in [5.74, 6) is 1.09. The van der Waals surface area contributed by atoms with Gasteiger partial charge in [0.2, 0.25) is 0 Å². The van der Waals surface area contributed by atoms with E-state index in [1.54, 1.807) is 0 Å². The lowest BCUT2D eigenvalue weighted by Crippen LogP contribution is -2.21. The molecule has 0 aliphatic heterocycles. The van der Waals surface area contributed by atoms with Crippen LogP contribution in [0.3, 0.4) is 0 Å². The summed E-state index contributed by atoms with van der Waals surface area (Å²) in [6.07, 6.45) is 4.26. The van der Waals surface area contributed by atoms with Gasteiger partial charge in [0.15, 0.2) is 5.78 Å². The molecule has 0 radical (unpaired) electrons. The molecule has 4 rings (SSSR count). The number of carbonyl (C=O) groups excluding carboxylic acids is 2. The van der Waals surface area contributed by atoms with Crippen molar-refractivity contribution in [2.75, 3.05) is 6.61 Å². The molecule has 1 saturated carbocycles. The number of nitrogens with one attached hydrogen (secondary N) is 1. The van der Waals surface area contributed by atoms with E-state index in [1.165, 1.54) is 0 Å². The van der Waals surface area contributed by atoms with E-state index in [0.717, 1.165) is 41.8 Å². The Kier molecular flexibility index (Phi) is 5.48. The molecule has 2 aliphatic carbocycles. The van der Waals surface area contributed by atoms with E-state index < -0.39 is 0 Å². The molecule has 1 aromatic carbocycles. The lowest BCUT2D eigenvalue weighted by Gasteiger charge is -2.22. The molecule has 0 unspecified atom stereocenters. The lowest BCUT2D eigenvalue weighted by atomic mass is 9.81. The largest absolute Gasteiger partial charge is 0.494 e. The molecule has 3 atom stereocenters. The van der Waals surface area contributed by atoms with Gasteiger partial charge in [-0.2, -0.15) is 0 Å². The molecule has 5 nitrogen and oxygen atoms in total. The van der Waals surface area contributed by atoms with Gasteiger partial charge in [0, 0.05) is 17.7 Å². The molecule has 2 aliphatic rings. The molecule has 1 aromatic heterocycles. The molecule has 5 heteroatoms. The summed E-state index contributed by atoms with van der Waals surface area (Å²) in [7, 11) is 0. The minimum absolute atomic E-state index is 0.0190. The second kappa shape index (κ2) is 8.05. The zero-order chi connectivity index (χ0) is 20.5. The van der Waals surface area contributed by atoms with Crippen LogP contribution in [-0.4, -0.2) is 29.4 Å². The Morgan fingerprint density at radius 2 is 1.93 bits per heavy atom. The molecule has 1 heterocycles. The molecule has 1 fully saturated rings. The Bertz CT molecular complexity index is 912. The molecule has 29 heavy (non-hydrogen) atoms. The van der Waals surface area contributed by atoms with Gasteiger partial charge in [-0.25, -0.2) is 4.79 Å². The van der Waals surface area contributed by atoms with Crippen molar-refractivity contribution in [3.8, 4) is 5.75 Å². The fourth-order valence-electron chi connectivity index (χ4n) is 4.76. The van der Waals surface area contributed by atoms with Gasteiger partial charge in [0.1, 0.15) is 17.5 Å². The van der Waals surface area contributed by atoms with Crippen molar-refractivity contribution in [3.63, 3.8) is 0 Å². The number of aromatic nitrogens is 1. The first kappa shape index (κ1) is 19.7. The Morgan fingerprint density at radius 3 is 2.59 bits per heavy atom. The van der Waals surface area contributed by atoms with E-state index in [4.69, 9.17) is 9.47 Å². The first-order chi connectivity index (χ1) is 14.0. The second-order valence-corrected chi connectivity index (χ2v) is 8.36. The summed E-state index contributed by atoms with van der Waals surface area (Å²) in [5.41, 5.74) is 3.81. The Labute approximate surface area is 171 Å². The average molecular weight is 395 g/mol.